The summed E-state index contributed by atoms with van der Waals surface area (Å²) in [5.74, 6) is 0. The molecule has 1 heterocycles. The molecule has 0 radical (unpaired) electrons. The molecule has 0 aliphatic heterocycles. The van der Waals surface area contributed by atoms with Crippen LogP contribution in [0.3, 0.4) is 0 Å². The van der Waals surface area contributed by atoms with E-state index >= 15 is 0 Å². The van der Waals surface area contributed by atoms with E-state index in [0.29, 0.717) is 17.1 Å². The van der Waals surface area contributed by atoms with Gasteiger partial charge in [-0.15, -0.1) is 0 Å². The van der Waals surface area contributed by atoms with Crippen molar-refractivity contribution in [3.63, 3.8) is 0 Å². The summed E-state index contributed by atoms with van der Waals surface area (Å²) < 4.78 is 2.07. The van der Waals surface area contributed by atoms with Gasteiger partial charge in [0.05, 0.1) is 21.0 Å². The Bertz CT molecular complexity index is 1100. The first kappa shape index (κ1) is 16.4. The molecule has 128 valence electrons. The van der Waals surface area contributed by atoms with Crippen molar-refractivity contribution in [3.05, 3.63) is 99.7 Å². The fourth-order valence-electron chi connectivity index (χ4n) is 3.29. The predicted octanol–water partition coefficient (Wildman–Crippen LogP) is 5.92. The molecule has 3 aromatic carbocycles. The molecular weight excluding hydrogens is 348 g/mol. The van der Waals surface area contributed by atoms with Gasteiger partial charge in [0, 0.05) is 24.2 Å². The van der Waals surface area contributed by atoms with E-state index in [0.717, 1.165) is 22.0 Å². The molecule has 0 fully saturated rings. The largest absolute Gasteiger partial charge is 0.342 e. The highest BCUT2D eigenvalue weighted by Crippen LogP contribution is 2.38. The van der Waals surface area contributed by atoms with E-state index in [1.165, 1.54) is 6.07 Å². The Labute approximate surface area is 155 Å². The van der Waals surface area contributed by atoms with Gasteiger partial charge in [-0.25, -0.2) is 0 Å². The van der Waals surface area contributed by atoms with Gasteiger partial charge in [0.25, 0.3) is 5.69 Å². The van der Waals surface area contributed by atoms with Crippen molar-refractivity contribution < 1.29 is 4.92 Å². The summed E-state index contributed by atoms with van der Waals surface area (Å²) in [7, 11) is 0. The molecule has 0 N–H and O–H groups in total. The Kier molecular flexibility index (Phi) is 4.19. The lowest BCUT2D eigenvalue weighted by Gasteiger charge is -2.10. The van der Waals surface area contributed by atoms with Gasteiger partial charge < -0.3 is 4.57 Å². The Morgan fingerprint density at radius 1 is 0.885 bits per heavy atom. The van der Waals surface area contributed by atoms with Crippen molar-refractivity contribution in [2.24, 2.45) is 0 Å². The zero-order valence-corrected chi connectivity index (χ0v) is 14.6. The standard InChI is InChI=1S/C21H15ClN2O2/c22-19-11-10-16(17-8-4-5-9-20(17)24(25)26)18-12-13-23(21(18)19)14-15-6-2-1-3-7-15/h1-13H,14H2. The van der Waals surface area contributed by atoms with Crippen molar-refractivity contribution in [2.45, 2.75) is 6.54 Å². The smallest absolute Gasteiger partial charge is 0.277 e. The number of hydrogen-bond acceptors (Lipinski definition) is 2. The molecule has 0 unspecified atom stereocenters. The van der Waals surface area contributed by atoms with Crippen LogP contribution in [0, 0.1) is 10.1 Å². The normalized spacial score (nSPS) is 11.0. The minimum Gasteiger partial charge on any atom is -0.342 e. The quantitative estimate of drug-likeness (QED) is 0.334. The molecule has 0 spiro atoms. The first-order valence-corrected chi connectivity index (χ1v) is 8.58. The molecule has 26 heavy (non-hydrogen) atoms. The molecule has 4 nitrogen and oxygen atoms in total. The third-order valence-corrected chi connectivity index (χ3v) is 4.77. The average molecular weight is 363 g/mol. The van der Waals surface area contributed by atoms with E-state index in [-0.39, 0.29) is 10.6 Å². The van der Waals surface area contributed by atoms with Gasteiger partial charge in [-0.1, -0.05) is 60.1 Å². The monoisotopic (exact) mass is 362 g/mol. The summed E-state index contributed by atoms with van der Waals surface area (Å²) in [6.07, 6.45) is 1.97. The number of para-hydroxylation sites is 1. The van der Waals surface area contributed by atoms with Gasteiger partial charge in [0.2, 0.25) is 0 Å². The van der Waals surface area contributed by atoms with Crippen LogP contribution in [0.15, 0.2) is 79.0 Å². The highest BCUT2D eigenvalue weighted by Gasteiger charge is 2.18. The maximum atomic E-state index is 11.4. The first-order valence-electron chi connectivity index (χ1n) is 8.20. The fraction of sp³-hybridized carbons (Fsp3) is 0.0476. The summed E-state index contributed by atoms with van der Waals surface area (Å²) in [6.45, 7) is 0.685. The zero-order chi connectivity index (χ0) is 18.1. The topological polar surface area (TPSA) is 48.1 Å². The molecule has 0 aliphatic carbocycles. The zero-order valence-electron chi connectivity index (χ0n) is 13.8. The SMILES string of the molecule is O=[N+]([O-])c1ccccc1-c1ccc(Cl)c2c1ccn2Cc1ccccc1. The maximum absolute atomic E-state index is 11.4. The summed E-state index contributed by atoms with van der Waals surface area (Å²) in [6, 6.07) is 22.5. The van der Waals surface area contributed by atoms with Crippen LogP contribution in [0.25, 0.3) is 22.0 Å². The van der Waals surface area contributed by atoms with Crippen LogP contribution in [0.2, 0.25) is 5.02 Å². The van der Waals surface area contributed by atoms with Crippen LogP contribution in [-0.2, 0) is 6.54 Å². The van der Waals surface area contributed by atoms with Gasteiger partial charge >= 0.3 is 0 Å². The lowest BCUT2D eigenvalue weighted by atomic mass is 10.00. The third-order valence-electron chi connectivity index (χ3n) is 4.46. The number of hydrogen-bond donors (Lipinski definition) is 0. The molecule has 0 amide bonds. The number of nitro benzene ring substituents is 1. The first-order chi connectivity index (χ1) is 12.6. The van der Waals surface area contributed by atoms with Crippen molar-refractivity contribution >= 4 is 28.2 Å². The van der Waals surface area contributed by atoms with E-state index in [1.54, 1.807) is 18.2 Å². The van der Waals surface area contributed by atoms with Crippen molar-refractivity contribution in [2.75, 3.05) is 0 Å². The van der Waals surface area contributed by atoms with E-state index in [9.17, 15) is 10.1 Å². The van der Waals surface area contributed by atoms with Gasteiger partial charge in [-0.3, -0.25) is 10.1 Å². The Morgan fingerprint density at radius 3 is 2.38 bits per heavy atom. The third kappa shape index (κ3) is 2.85. The molecule has 1 aromatic heterocycles. The van der Waals surface area contributed by atoms with Crippen LogP contribution in [0.4, 0.5) is 5.69 Å². The number of fused-ring (bicyclic) bond motifs is 1. The lowest BCUT2D eigenvalue weighted by molar-refractivity contribution is -0.384. The summed E-state index contributed by atoms with van der Waals surface area (Å²) >= 11 is 6.48. The molecule has 4 rings (SSSR count). The molecule has 4 aromatic rings. The summed E-state index contributed by atoms with van der Waals surface area (Å²) in [5, 5.41) is 13.0. The molecule has 0 saturated carbocycles. The molecular formula is C21H15ClN2O2. The molecule has 5 heteroatoms. The Balaban J connectivity index is 1.89. The number of benzene rings is 3. The molecule has 0 atom stereocenters. The second kappa shape index (κ2) is 6.65. The van der Waals surface area contributed by atoms with Gasteiger partial charge in [-0.05, 0) is 29.3 Å². The number of halogens is 1. The van der Waals surface area contributed by atoms with Crippen molar-refractivity contribution in [3.8, 4) is 11.1 Å². The van der Waals surface area contributed by atoms with Crippen LogP contribution < -0.4 is 0 Å². The summed E-state index contributed by atoms with van der Waals surface area (Å²) in [5.41, 5.74) is 3.54. The van der Waals surface area contributed by atoms with E-state index in [2.05, 4.69) is 16.7 Å². The van der Waals surface area contributed by atoms with E-state index in [1.807, 2.05) is 42.6 Å². The van der Waals surface area contributed by atoms with Gasteiger partial charge in [0.1, 0.15) is 0 Å². The van der Waals surface area contributed by atoms with E-state index in [4.69, 9.17) is 11.6 Å². The minimum atomic E-state index is -0.350. The number of rotatable bonds is 4. The Morgan fingerprint density at radius 2 is 1.62 bits per heavy atom. The molecule has 0 bridgehead atoms. The van der Waals surface area contributed by atoms with Crippen LogP contribution >= 0.6 is 11.6 Å². The fourth-order valence-corrected chi connectivity index (χ4v) is 3.56. The van der Waals surface area contributed by atoms with E-state index < -0.39 is 0 Å². The van der Waals surface area contributed by atoms with Crippen molar-refractivity contribution in [1.82, 2.24) is 4.57 Å². The number of aromatic nitrogens is 1. The van der Waals surface area contributed by atoms with Crippen LogP contribution in [-0.4, -0.2) is 9.49 Å². The average Bonchev–Trinajstić information content (AvgIpc) is 3.07. The summed E-state index contributed by atoms with van der Waals surface area (Å²) in [4.78, 5) is 11.1. The maximum Gasteiger partial charge on any atom is 0.277 e. The second-order valence-corrected chi connectivity index (χ2v) is 6.47. The van der Waals surface area contributed by atoms with Crippen LogP contribution in [0.5, 0.6) is 0 Å². The second-order valence-electron chi connectivity index (χ2n) is 6.06. The minimum absolute atomic E-state index is 0.0898. The van der Waals surface area contributed by atoms with Crippen LogP contribution in [0.1, 0.15) is 5.56 Å². The van der Waals surface area contributed by atoms with Gasteiger partial charge in [-0.2, -0.15) is 0 Å². The predicted molar refractivity (Wildman–Crippen MR) is 105 cm³/mol. The highest BCUT2D eigenvalue weighted by atomic mass is 35.5. The van der Waals surface area contributed by atoms with Crippen molar-refractivity contribution in [1.29, 1.82) is 0 Å². The Hall–Kier alpha value is -3.11. The molecule has 0 aliphatic rings. The highest BCUT2D eigenvalue weighted by molar-refractivity contribution is 6.35. The number of nitro groups is 1. The molecule has 0 saturated heterocycles. The van der Waals surface area contributed by atoms with Gasteiger partial charge in [0.15, 0.2) is 0 Å². The lowest BCUT2D eigenvalue weighted by Crippen LogP contribution is -1.98. The number of nitrogens with zero attached hydrogens (tertiary/aromatic N) is 2.